The summed E-state index contributed by atoms with van der Waals surface area (Å²) in [5.41, 5.74) is 6.03. The largest absolute Gasteiger partial charge is 0.382 e. The van der Waals surface area contributed by atoms with Crippen LogP contribution in [0.5, 0.6) is 0 Å². The van der Waals surface area contributed by atoms with Gasteiger partial charge < -0.3 is 11.1 Å². The van der Waals surface area contributed by atoms with Gasteiger partial charge in [0, 0.05) is 13.6 Å². The van der Waals surface area contributed by atoms with Gasteiger partial charge in [0.2, 0.25) is 0 Å². The number of nitrogens with one attached hydrogen (secondary N) is 1. The molecule has 0 rings (SSSR count). The molecular weight excluding hydrogens is 176 g/mol. The maximum absolute atomic E-state index is 5.75. The van der Waals surface area contributed by atoms with Crippen molar-refractivity contribution in [1.82, 2.24) is 5.32 Å². The summed E-state index contributed by atoms with van der Waals surface area (Å²) in [6.07, 6.45) is 0. The van der Waals surface area contributed by atoms with E-state index in [1.165, 1.54) is 0 Å². The topological polar surface area (TPSA) is 62.8 Å². The first kappa shape index (κ1) is 11.0. The molecule has 0 unspecified atom stereocenters. The highest BCUT2D eigenvalue weighted by Crippen LogP contribution is 2.02. The minimum Gasteiger partial charge on any atom is -0.382 e. The molecule has 0 spiro atoms. The van der Waals surface area contributed by atoms with Crippen LogP contribution in [0, 0.1) is 0 Å². The van der Waals surface area contributed by atoms with Gasteiger partial charge in [-0.2, -0.15) is 0 Å². The fraction of sp³-hybridized carbons (Fsp3) is 0.429. The van der Waals surface area contributed by atoms with Crippen molar-refractivity contribution in [3.05, 3.63) is 11.5 Å². The maximum Gasteiger partial charge on any atom is 0.150 e. The zero-order chi connectivity index (χ0) is 9.56. The van der Waals surface area contributed by atoms with Crippen LogP contribution >= 0.6 is 11.6 Å². The minimum atomic E-state index is 0.257. The highest BCUT2D eigenvalue weighted by molar-refractivity contribution is 6.69. The number of aliphatic imine (C=N–C) groups is 2. The van der Waals surface area contributed by atoms with Crippen LogP contribution in [0.3, 0.4) is 0 Å². The zero-order valence-corrected chi connectivity index (χ0v) is 8.02. The summed E-state index contributed by atoms with van der Waals surface area (Å²) in [6, 6.07) is 0. The third kappa shape index (κ3) is 2.92. The normalized spacial score (nSPS) is 13.8. The van der Waals surface area contributed by atoms with E-state index in [2.05, 4.69) is 22.0 Å². The highest BCUT2D eigenvalue weighted by Gasteiger charge is 2.05. The van der Waals surface area contributed by atoms with Gasteiger partial charge in [0.05, 0.1) is 0 Å². The van der Waals surface area contributed by atoms with E-state index in [1.807, 2.05) is 6.92 Å². The molecule has 0 atom stereocenters. The van der Waals surface area contributed by atoms with Crippen molar-refractivity contribution in [2.75, 3.05) is 13.6 Å². The number of nitrogens with zero attached hydrogens (tertiary/aromatic N) is 2. The van der Waals surface area contributed by atoms with Crippen LogP contribution in [0.4, 0.5) is 0 Å². The summed E-state index contributed by atoms with van der Waals surface area (Å²) >= 11 is 5.75. The third-order valence-electron chi connectivity index (χ3n) is 1.18. The minimum absolute atomic E-state index is 0.257. The maximum atomic E-state index is 5.75. The lowest BCUT2D eigenvalue weighted by Crippen LogP contribution is -2.21. The SMILES string of the molecule is C=N/C(N)=C(NCC)\C(Cl)=N/C. The summed E-state index contributed by atoms with van der Waals surface area (Å²) in [5.74, 6) is 0.257. The first-order valence-electron chi connectivity index (χ1n) is 3.50. The van der Waals surface area contributed by atoms with Crippen LogP contribution in [0.2, 0.25) is 0 Å². The van der Waals surface area contributed by atoms with E-state index >= 15 is 0 Å². The van der Waals surface area contributed by atoms with Crippen LogP contribution < -0.4 is 11.1 Å². The lowest BCUT2D eigenvalue weighted by Gasteiger charge is -2.07. The molecule has 0 radical (unpaired) electrons. The average molecular weight is 189 g/mol. The first-order valence-corrected chi connectivity index (χ1v) is 3.88. The molecule has 0 aromatic carbocycles. The molecule has 0 bridgehead atoms. The van der Waals surface area contributed by atoms with Gasteiger partial charge in [-0.1, -0.05) is 11.6 Å². The number of hydrogen-bond donors (Lipinski definition) is 2. The molecule has 0 aromatic rings. The Labute approximate surface area is 77.2 Å². The van der Waals surface area contributed by atoms with Crippen LogP contribution in [-0.2, 0) is 0 Å². The summed E-state index contributed by atoms with van der Waals surface area (Å²) in [4.78, 5) is 7.33. The Balaban J connectivity index is 4.77. The molecule has 5 heteroatoms. The Hall–Kier alpha value is -1.03. The Morgan fingerprint density at radius 2 is 2.25 bits per heavy atom. The molecule has 68 valence electrons. The zero-order valence-electron chi connectivity index (χ0n) is 7.26. The van der Waals surface area contributed by atoms with E-state index in [1.54, 1.807) is 7.05 Å². The molecule has 4 nitrogen and oxygen atoms in total. The molecule has 0 saturated heterocycles. The van der Waals surface area contributed by atoms with Crippen molar-refractivity contribution >= 4 is 23.5 Å². The lowest BCUT2D eigenvalue weighted by atomic mass is 10.4. The molecule has 0 aliphatic carbocycles. The van der Waals surface area contributed by atoms with Gasteiger partial charge in [-0.3, -0.25) is 4.99 Å². The smallest absolute Gasteiger partial charge is 0.150 e. The molecule has 0 aliphatic heterocycles. The molecule has 3 N–H and O–H groups in total. The van der Waals surface area contributed by atoms with Gasteiger partial charge >= 0.3 is 0 Å². The molecule has 12 heavy (non-hydrogen) atoms. The number of hydrogen-bond acceptors (Lipinski definition) is 4. The quantitative estimate of drug-likeness (QED) is 0.638. The lowest BCUT2D eigenvalue weighted by molar-refractivity contribution is 0.872. The molecule has 0 aromatic heterocycles. The second kappa shape index (κ2) is 5.60. The van der Waals surface area contributed by atoms with Crippen molar-refractivity contribution < 1.29 is 0 Å². The predicted molar refractivity (Wildman–Crippen MR) is 53.7 cm³/mol. The van der Waals surface area contributed by atoms with Gasteiger partial charge in [-0.25, -0.2) is 4.99 Å². The predicted octanol–water partition coefficient (Wildman–Crippen LogP) is 0.691. The van der Waals surface area contributed by atoms with Crippen molar-refractivity contribution in [2.24, 2.45) is 15.7 Å². The van der Waals surface area contributed by atoms with E-state index in [0.29, 0.717) is 17.4 Å². The van der Waals surface area contributed by atoms with E-state index in [4.69, 9.17) is 17.3 Å². The molecule has 0 heterocycles. The second-order valence-corrected chi connectivity index (χ2v) is 2.32. The summed E-state index contributed by atoms with van der Waals surface area (Å²) < 4.78 is 0. The molecule has 0 saturated carbocycles. The monoisotopic (exact) mass is 188 g/mol. The molecule has 0 fully saturated rings. The fourth-order valence-electron chi connectivity index (χ4n) is 0.637. The van der Waals surface area contributed by atoms with E-state index < -0.39 is 0 Å². The Morgan fingerprint density at radius 1 is 1.67 bits per heavy atom. The van der Waals surface area contributed by atoms with Gasteiger partial charge in [0.25, 0.3) is 0 Å². The van der Waals surface area contributed by atoms with Crippen LogP contribution in [0.25, 0.3) is 0 Å². The Bertz CT molecular complexity index is 219. The number of nitrogens with two attached hydrogens (primary N) is 1. The van der Waals surface area contributed by atoms with Crippen molar-refractivity contribution in [1.29, 1.82) is 0 Å². The molecular formula is C7H13ClN4. The molecule has 0 amide bonds. The number of rotatable bonds is 4. The highest BCUT2D eigenvalue weighted by atomic mass is 35.5. The summed E-state index contributed by atoms with van der Waals surface area (Å²) in [6.45, 7) is 5.93. The fourth-order valence-corrected chi connectivity index (χ4v) is 0.800. The van der Waals surface area contributed by atoms with Gasteiger partial charge in [0.1, 0.15) is 11.5 Å². The summed E-state index contributed by atoms with van der Waals surface area (Å²) in [7, 11) is 1.58. The van der Waals surface area contributed by atoms with Crippen molar-refractivity contribution in [2.45, 2.75) is 6.92 Å². The Kier molecular flexibility index (Phi) is 5.12. The Morgan fingerprint density at radius 3 is 2.58 bits per heavy atom. The number of halogens is 1. The average Bonchev–Trinajstić information content (AvgIpc) is 2.11. The third-order valence-corrected chi connectivity index (χ3v) is 1.54. The van der Waals surface area contributed by atoms with E-state index in [9.17, 15) is 0 Å². The van der Waals surface area contributed by atoms with E-state index in [-0.39, 0.29) is 5.82 Å². The van der Waals surface area contributed by atoms with E-state index in [0.717, 1.165) is 0 Å². The number of allylic oxidation sites excluding steroid dienone is 1. The van der Waals surface area contributed by atoms with Crippen molar-refractivity contribution in [3.63, 3.8) is 0 Å². The van der Waals surface area contributed by atoms with Gasteiger partial charge in [-0.05, 0) is 13.6 Å². The van der Waals surface area contributed by atoms with Gasteiger partial charge in [0.15, 0.2) is 5.17 Å². The molecule has 0 aliphatic rings. The van der Waals surface area contributed by atoms with Crippen LogP contribution in [0.15, 0.2) is 21.5 Å². The van der Waals surface area contributed by atoms with Crippen LogP contribution in [-0.4, -0.2) is 25.5 Å². The van der Waals surface area contributed by atoms with Crippen molar-refractivity contribution in [3.8, 4) is 0 Å². The summed E-state index contributed by atoms with van der Waals surface area (Å²) in [5, 5.41) is 3.25. The second-order valence-electron chi connectivity index (χ2n) is 1.96. The van der Waals surface area contributed by atoms with Gasteiger partial charge in [-0.15, -0.1) is 0 Å². The van der Waals surface area contributed by atoms with Crippen LogP contribution in [0.1, 0.15) is 6.92 Å². The standard InChI is InChI=1S/C7H13ClN4/c1-4-12-5(6(8)10-2)7(9)11-3/h12H,3-4,9H2,1-2H3/b7-5+,10-6+. The first-order chi connectivity index (χ1) is 5.67.